The SMILES string of the molecule is CC(C)CC(CN)C(=O)NCCC1CCCC1. The van der Waals surface area contributed by atoms with E-state index in [0.29, 0.717) is 12.5 Å². The normalized spacial score (nSPS) is 18.6. The van der Waals surface area contributed by atoms with E-state index in [2.05, 4.69) is 19.2 Å². The van der Waals surface area contributed by atoms with Gasteiger partial charge in [0.25, 0.3) is 0 Å². The smallest absolute Gasteiger partial charge is 0.224 e. The lowest BCUT2D eigenvalue weighted by molar-refractivity contribution is -0.125. The van der Waals surface area contributed by atoms with Gasteiger partial charge in [-0.1, -0.05) is 39.5 Å². The van der Waals surface area contributed by atoms with Crippen LogP contribution < -0.4 is 11.1 Å². The zero-order chi connectivity index (χ0) is 12.7. The number of carbonyl (C=O) groups is 1. The summed E-state index contributed by atoms with van der Waals surface area (Å²) in [5.74, 6) is 1.53. The minimum atomic E-state index is -0.00132. The Bertz CT molecular complexity index is 222. The van der Waals surface area contributed by atoms with E-state index in [1.807, 2.05) is 0 Å². The third-order valence-electron chi connectivity index (χ3n) is 3.74. The van der Waals surface area contributed by atoms with Crippen LogP contribution in [0.4, 0.5) is 0 Å². The first-order chi connectivity index (χ1) is 8.13. The van der Waals surface area contributed by atoms with Crippen LogP contribution in [0.5, 0.6) is 0 Å². The summed E-state index contributed by atoms with van der Waals surface area (Å²) in [4.78, 5) is 11.9. The van der Waals surface area contributed by atoms with Crippen LogP contribution in [0, 0.1) is 17.8 Å². The average Bonchev–Trinajstić information content (AvgIpc) is 2.78. The van der Waals surface area contributed by atoms with Gasteiger partial charge < -0.3 is 11.1 Å². The number of nitrogens with one attached hydrogen (secondary N) is 1. The number of nitrogens with two attached hydrogens (primary N) is 1. The maximum absolute atomic E-state index is 11.9. The van der Waals surface area contributed by atoms with Gasteiger partial charge in [0.05, 0.1) is 5.92 Å². The van der Waals surface area contributed by atoms with E-state index in [9.17, 15) is 4.79 Å². The Morgan fingerprint density at radius 1 is 1.35 bits per heavy atom. The highest BCUT2D eigenvalue weighted by Gasteiger charge is 2.19. The summed E-state index contributed by atoms with van der Waals surface area (Å²) in [5.41, 5.74) is 5.66. The Labute approximate surface area is 106 Å². The molecule has 0 radical (unpaired) electrons. The zero-order valence-electron chi connectivity index (χ0n) is 11.4. The largest absolute Gasteiger partial charge is 0.356 e. The van der Waals surface area contributed by atoms with Crippen LogP contribution in [-0.2, 0) is 4.79 Å². The van der Waals surface area contributed by atoms with Crippen molar-refractivity contribution in [2.45, 2.75) is 52.4 Å². The van der Waals surface area contributed by atoms with E-state index < -0.39 is 0 Å². The highest BCUT2D eigenvalue weighted by Crippen LogP contribution is 2.26. The topological polar surface area (TPSA) is 55.1 Å². The van der Waals surface area contributed by atoms with Crippen molar-refractivity contribution in [2.24, 2.45) is 23.5 Å². The molecule has 1 fully saturated rings. The predicted octanol–water partition coefficient (Wildman–Crippen LogP) is 2.30. The van der Waals surface area contributed by atoms with Gasteiger partial charge >= 0.3 is 0 Å². The van der Waals surface area contributed by atoms with Gasteiger partial charge in [-0.3, -0.25) is 4.79 Å². The number of amides is 1. The lowest BCUT2D eigenvalue weighted by Gasteiger charge is -2.17. The van der Waals surface area contributed by atoms with E-state index in [1.54, 1.807) is 0 Å². The fourth-order valence-electron chi connectivity index (χ4n) is 2.72. The van der Waals surface area contributed by atoms with Crippen molar-refractivity contribution >= 4 is 5.91 Å². The van der Waals surface area contributed by atoms with E-state index >= 15 is 0 Å². The van der Waals surface area contributed by atoms with Crippen molar-refractivity contribution in [1.29, 1.82) is 0 Å². The standard InChI is InChI=1S/C14H28N2O/c1-11(2)9-13(10-15)14(17)16-8-7-12-5-3-4-6-12/h11-13H,3-10,15H2,1-2H3,(H,16,17). The molecule has 0 spiro atoms. The van der Waals surface area contributed by atoms with Gasteiger partial charge in [-0.05, 0) is 24.7 Å². The highest BCUT2D eigenvalue weighted by atomic mass is 16.1. The summed E-state index contributed by atoms with van der Waals surface area (Å²) < 4.78 is 0. The molecule has 3 nitrogen and oxygen atoms in total. The van der Waals surface area contributed by atoms with Gasteiger partial charge in [0.15, 0.2) is 0 Å². The first-order valence-electron chi connectivity index (χ1n) is 7.11. The summed E-state index contributed by atoms with van der Waals surface area (Å²) in [6, 6.07) is 0. The summed E-state index contributed by atoms with van der Waals surface area (Å²) >= 11 is 0. The van der Waals surface area contributed by atoms with Crippen LogP contribution in [0.3, 0.4) is 0 Å². The molecular formula is C14H28N2O. The molecule has 1 atom stereocenters. The minimum absolute atomic E-state index is 0.00132. The maximum Gasteiger partial charge on any atom is 0.224 e. The Hall–Kier alpha value is -0.570. The number of hydrogen-bond donors (Lipinski definition) is 2. The molecule has 0 aromatic heterocycles. The quantitative estimate of drug-likeness (QED) is 0.717. The van der Waals surface area contributed by atoms with Crippen molar-refractivity contribution in [3.8, 4) is 0 Å². The lowest BCUT2D eigenvalue weighted by Crippen LogP contribution is -2.36. The second-order valence-electron chi connectivity index (χ2n) is 5.79. The molecule has 0 aromatic carbocycles. The Morgan fingerprint density at radius 3 is 2.53 bits per heavy atom. The molecule has 0 bridgehead atoms. The average molecular weight is 240 g/mol. The molecule has 1 amide bonds. The Kier molecular flexibility index (Phi) is 6.56. The molecular weight excluding hydrogens is 212 g/mol. The van der Waals surface area contributed by atoms with Gasteiger partial charge in [0.2, 0.25) is 5.91 Å². The van der Waals surface area contributed by atoms with Crippen LogP contribution in [0.25, 0.3) is 0 Å². The molecule has 3 heteroatoms. The van der Waals surface area contributed by atoms with Crippen LogP contribution >= 0.6 is 0 Å². The van der Waals surface area contributed by atoms with Gasteiger partial charge in [-0.15, -0.1) is 0 Å². The molecule has 0 saturated heterocycles. The zero-order valence-corrected chi connectivity index (χ0v) is 11.4. The highest BCUT2D eigenvalue weighted by molar-refractivity contribution is 5.78. The van der Waals surface area contributed by atoms with E-state index in [0.717, 1.165) is 25.3 Å². The number of carbonyl (C=O) groups excluding carboxylic acids is 1. The molecule has 100 valence electrons. The molecule has 1 unspecified atom stereocenters. The van der Waals surface area contributed by atoms with E-state index in [1.165, 1.54) is 25.7 Å². The molecule has 1 aliphatic rings. The number of rotatable bonds is 7. The van der Waals surface area contributed by atoms with Crippen LogP contribution in [-0.4, -0.2) is 19.0 Å². The molecule has 0 heterocycles. The van der Waals surface area contributed by atoms with Crippen molar-refractivity contribution in [3.05, 3.63) is 0 Å². The molecule has 0 aromatic rings. The van der Waals surface area contributed by atoms with E-state index in [4.69, 9.17) is 5.73 Å². The second-order valence-corrected chi connectivity index (χ2v) is 5.79. The molecule has 1 rings (SSSR count). The van der Waals surface area contributed by atoms with Crippen molar-refractivity contribution in [3.63, 3.8) is 0 Å². The number of hydrogen-bond acceptors (Lipinski definition) is 2. The molecule has 1 saturated carbocycles. The predicted molar refractivity (Wildman–Crippen MR) is 71.6 cm³/mol. The molecule has 3 N–H and O–H groups in total. The first kappa shape index (κ1) is 14.5. The fraction of sp³-hybridized carbons (Fsp3) is 0.929. The van der Waals surface area contributed by atoms with Crippen molar-refractivity contribution in [1.82, 2.24) is 5.32 Å². The van der Waals surface area contributed by atoms with Gasteiger partial charge in [-0.2, -0.15) is 0 Å². The summed E-state index contributed by atoms with van der Waals surface area (Å²) in [7, 11) is 0. The maximum atomic E-state index is 11.9. The fourth-order valence-corrected chi connectivity index (χ4v) is 2.72. The molecule has 17 heavy (non-hydrogen) atoms. The van der Waals surface area contributed by atoms with Crippen molar-refractivity contribution < 1.29 is 4.79 Å². The third-order valence-corrected chi connectivity index (χ3v) is 3.74. The Balaban J connectivity index is 2.17. The van der Waals surface area contributed by atoms with Gasteiger partial charge in [0, 0.05) is 13.1 Å². The Morgan fingerprint density at radius 2 is 2.00 bits per heavy atom. The van der Waals surface area contributed by atoms with Crippen molar-refractivity contribution in [2.75, 3.05) is 13.1 Å². The summed E-state index contributed by atoms with van der Waals surface area (Å²) in [5, 5.41) is 3.05. The summed E-state index contributed by atoms with van der Waals surface area (Å²) in [6.45, 7) is 5.56. The summed E-state index contributed by atoms with van der Waals surface area (Å²) in [6.07, 6.45) is 7.48. The van der Waals surface area contributed by atoms with Gasteiger partial charge in [0.1, 0.15) is 0 Å². The van der Waals surface area contributed by atoms with Crippen LogP contribution in [0.1, 0.15) is 52.4 Å². The van der Waals surface area contributed by atoms with E-state index in [-0.39, 0.29) is 11.8 Å². The second kappa shape index (κ2) is 7.70. The minimum Gasteiger partial charge on any atom is -0.356 e. The van der Waals surface area contributed by atoms with Crippen LogP contribution in [0.2, 0.25) is 0 Å². The molecule has 0 aliphatic heterocycles. The van der Waals surface area contributed by atoms with Crippen LogP contribution in [0.15, 0.2) is 0 Å². The lowest BCUT2D eigenvalue weighted by atomic mass is 9.96. The monoisotopic (exact) mass is 240 g/mol. The first-order valence-corrected chi connectivity index (χ1v) is 7.11. The molecule has 1 aliphatic carbocycles. The third kappa shape index (κ3) is 5.53. The van der Waals surface area contributed by atoms with Gasteiger partial charge in [-0.25, -0.2) is 0 Å².